The van der Waals surface area contributed by atoms with Gasteiger partial charge >= 0.3 is 11.9 Å². The average molecular weight is 520 g/mol. The molecule has 9 atom stereocenters. The van der Waals surface area contributed by atoms with Gasteiger partial charge in [-0.2, -0.15) is 0 Å². The summed E-state index contributed by atoms with van der Waals surface area (Å²) in [7, 11) is 0. The van der Waals surface area contributed by atoms with Crippen LogP contribution in [-0.2, 0) is 28.5 Å². The van der Waals surface area contributed by atoms with Crippen molar-refractivity contribution in [3.05, 3.63) is 59.9 Å². The number of carbonyl (C=O) groups excluding carboxylic acids is 1. The second-order valence-corrected chi connectivity index (χ2v) is 9.01. The Bertz CT molecular complexity index is 1080. The third-order valence-electron chi connectivity index (χ3n) is 6.69. The van der Waals surface area contributed by atoms with Crippen LogP contribution in [0.3, 0.4) is 0 Å². The Kier molecular flexibility index (Phi) is 7.97. The van der Waals surface area contributed by atoms with E-state index in [0.717, 1.165) is 12.3 Å². The number of phenols is 1. The van der Waals surface area contributed by atoms with E-state index in [0.29, 0.717) is 5.56 Å². The highest BCUT2D eigenvalue weighted by Gasteiger charge is 2.53. The Balaban J connectivity index is 1.54. The van der Waals surface area contributed by atoms with Gasteiger partial charge in [-0.25, -0.2) is 9.59 Å². The number of phenolic OH excluding ortho intramolecular Hbond substituents is 1. The van der Waals surface area contributed by atoms with Gasteiger partial charge in [-0.1, -0.05) is 18.7 Å². The van der Waals surface area contributed by atoms with Crippen molar-refractivity contribution >= 4 is 18.0 Å². The number of esters is 1. The number of aliphatic hydroxyl groups excluding tert-OH is 4. The summed E-state index contributed by atoms with van der Waals surface area (Å²) in [6.45, 7) is 3.14. The van der Waals surface area contributed by atoms with Gasteiger partial charge in [0.05, 0.1) is 30.5 Å². The number of fused-ring (bicyclic) bond motifs is 1. The summed E-state index contributed by atoms with van der Waals surface area (Å²) >= 11 is 0. The molecule has 200 valence electrons. The fourth-order valence-electron chi connectivity index (χ4n) is 4.69. The molecule has 1 aliphatic carbocycles. The molecule has 1 saturated heterocycles. The first-order valence-corrected chi connectivity index (χ1v) is 11.5. The lowest BCUT2D eigenvalue weighted by Gasteiger charge is -2.43. The maximum atomic E-state index is 12.5. The molecule has 0 amide bonds. The summed E-state index contributed by atoms with van der Waals surface area (Å²) in [5, 5.41) is 59.7. The van der Waals surface area contributed by atoms with Crippen LogP contribution in [0.5, 0.6) is 5.75 Å². The highest BCUT2D eigenvalue weighted by Crippen LogP contribution is 2.46. The summed E-state index contributed by atoms with van der Waals surface area (Å²) in [4.78, 5) is 24.2. The third kappa shape index (κ3) is 5.54. The molecule has 2 fully saturated rings. The van der Waals surface area contributed by atoms with Gasteiger partial charge in [0, 0.05) is 12.0 Å². The Morgan fingerprint density at radius 2 is 1.81 bits per heavy atom. The quantitative estimate of drug-likeness (QED) is 0.156. The van der Waals surface area contributed by atoms with Crippen molar-refractivity contribution in [3.63, 3.8) is 0 Å². The van der Waals surface area contributed by atoms with E-state index in [2.05, 4.69) is 6.58 Å². The van der Waals surface area contributed by atoms with E-state index in [1.54, 1.807) is 12.1 Å². The lowest BCUT2D eigenvalue weighted by atomic mass is 9.85. The number of carboxylic acids is 1. The molecule has 37 heavy (non-hydrogen) atoms. The predicted octanol–water partition coefficient (Wildman–Crippen LogP) is -0.349. The Hall–Kier alpha value is -3.26. The third-order valence-corrected chi connectivity index (χ3v) is 6.69. The molecule has 0 aromatic heterocycles. The number of aliphatic carboxylic acids is 1. The number of aromatic hydroxyl groups is 1. The minimum atomic E-state index is -1.72. The SMILES string of the molecule is C=C1[C@H]2[C@H](O[C@@H]3O[C@@H](CO)[C@@H](O)[C@@H](O)[C@H]3OC(=O)C=Cc3ccc(O)cc3)OC=C(C(=O)O)[C@@H]2C[C@@H]1O. The standard InChI is InChI=1S/C25H28O12/c1-11-16(28)8-14-15(23(32)33)10-34-24(19(11)14)37-25-22(21(31)20(30)17(9-26)35-25)36-18(29)7-4-12-2-5-13(27)6-3-12/h2-7,10,14,16-17,19-22,24-28,30-31H,1,8-9H2,(H,32,33)/t14-,16-,17-,19+,20+,21+,22+,24-,25-/m0/s1. The van der Waals surface area contributed by atoms with E-state index < -0.39 is 73.5 Å². The number of benzene rings is 1. The molecule has 3 aliphatic rings. The van der Waals surface area contributed by atoms with Gasteiger partial charge in [-0.15, -0.1) is 0 Å². The largest absolute Gasteiger partial charge is 0.508 e. The van der Waals surface area contributed by atoms with Crippen molar-refractivity contribution < 1.29 is 59.2 Å². The summed E-state index contributed by atoms with van der Waals surface area (Å²) in [6.07, 6.45) is -6.44. The molecule has 2 heterocycles. The fourth-order valence-corrected chi connectivity index (χ4v) is 4.69. The molecule has 0 unspecified atom stereocenters. The minimum absolute atomic E-state index is 0.0459. The van der Waals surface area contributed by atoms with Crippen molar-refractivity contribution in [1.82, 2.24) is 0 Å². The predicted molar refractivity (Wildman–Crippen MR) is 123 cm³/mol. The van der Waals surface area contributed by atoms with E-state index in [-0.39, 0.29) is 23.3 Å². The number of aliphatic hydroxyl groups is 4. The molecule has 6 N–H and O–H groups in total. The lowest BCUT2D eigenvalue weighted by Crippen LogP contribution is -2.61. The molecule has 2 aliphatic heterocycles. The number of rotatable bonds is 7. The van der Waals surface area contributed by atoms with Crippen molar-refractivity contribution in [2.75, 3.05) is 6.61 Å². The number of hydrogen-bond donors (Lipinski definition) is 6. The minimum Gasteiger partial charge on any atom is -0.508 e. The first-order valence-electron chi connectivity index (χ1n) is 11.5. The zero-order valence-corrected chi connectivity index (χ0v) is 19.5. The van der Waals surface area contributed by atoms with E-state index in [1.807, 2.05) is 0 Å². The van der Waals surface area contributed by atoms with Crippen molar-refractivity contribution in [1.29, 1.82) is 0 Å². The van der Waals surface area contributed by atoms with E-state index >= 15 is 0 Å². The highest BCUT2D eigenvalue weighted by atomic mass is 16.8. The molecular formula is C25H28O12. The number of carboxylic acid groups (broad SMARTS) is 1. The molecule has 4 rings (SSSR count). The lowest BCUT2D eigenvalue weighted by molar-refractivity contribution is -0.340. The van der Waals surface area contributed by atoms with Crippen LogP contribution in [0.1, 0.15) is 12.0 Å². The molecule has 0 spiro atoms. The molecule has 1 aromatic carbocycles. The Morgan fingerprint density at radius 3 is 2.46 bits per heavy atom. The number of carbonyl (C=O) groups is 2. The zero-order chi connectivity index (χ0) is 26.9. The molecule has 1 aromatic rings. The first-order chi connectivity index (χ1) is 17.6. The normalized spacial score (nSPS) is 35.5. The summed E-state index contributed by atoms with van der Waals surface area (Å²) < 4.78 is 22.3. The Labute approximate surface area is 211 Å². The molecule has 0 bridgehead atoms. The fraction of sp³-hybridized carbons (Fsp3) is 0.440. The van der Waals surface area contributed by atoms with Gasteiger partial charge in [0.2, 0.25) is 12.6 Å². The smallest absolute Gasteiger partial charge is 0.334 e. The van der Waals surface area contributed by atoms with Crippen LogP contribution in [0.25, 0.3) is 6.08 Å². The van der Waals surface area contributed by atoms with Crippen LogP contribution in [0.2, 0.25) is 0 Å². The van der Waals surface area contributed by atoms with E-state index in [1.165, 1.54) is 18.2 Å². The van der Waals surface area contributed by atoms with Gasteiger partial charge in [-0.3, -0.25) is 0 Å². The van der Waals surface area contributed by atoms with Crippen LogP contribution in [0.15, 0.2) is 54.3 Å². The monoisotopic (exact) mass is 520 g/mol. The van der Waals surface area contributed by atoms with Gasteiger partial charge in [0.1, 0.15) is 24.1 Å². The molecule has 1 saturated carbocycles. The number of ether oxygens (including phenoxy) is 4. The summed E-state index contributed by atoms with van der Waals surface area (Å²) in [5.41, 5.74) is 0.782. The van der Waals surface area contributed by atoms with Gasteiger partial charge in [0.25, 0.3) is 0 Å². The molecule has 12 nitrogen and oxygen atoms in total. The maximum Gasteiger partial charge on any atom is 0.334 e. The molecule has 12 heteroatoms. The second-order valence-electron chi connectivity index (χ2n) is 9.01. The average Bonchev–Trinajstić information content (AvgIpc) is 3.17. The topological polar surface area (TPSA) is 192 Å². The Morgan fingerprint density at radius 1 is 1.11 bits per heavy atom. The van der Waals surface area contributed by atoms with Crippen LogP contribution in [0, 0.1) is 11.8 Å². The van der Waals surface area contributed by atoms with E-state index in [4.69, 9.17) is 18.9 Å². The molecule has 0 radical (unpaired) electrons. The van der Waals surface area contributed by atoms with Crippen LogP contribution >= 0.6 is 0 Å². The second kappa shape index (κ2) is 11.0. The van der Waals surface area contributed by atoms with Crippen LogP contribution in [-0.4, -0.2) is 92.3 Å². The maximum absolute atomic E-state index is 12.5. The van der Waals surface area contributed by atoms with Crippen molar-refractivity contribution in [2.45, 2.75) is 49.5 Å². The first kappa shape index (κ1) is 26.8. The van der Waals surface area contributed by atoms with Crippen LogP contribution < -0.4 is 0 Å². The summed E-state index contributed by atoms with van der Waals surface area (Å²) in [5.74, 6) is -3.57. The molecular weight excluding hydrogens is 492 g/mol. The zero-order valence-electron chi connectivity index (χ0n) is 19.5. The van der Waals surface area contributed by atoms with E-state index in [9.17, 15) is 40.2 Å². The van der Waals surface area contributed by atoms with Crippen molar-refractivity contribution in [3.8, 4) is 5.75 Å². The number of hydrogen-bond acceptors (Lipinski definition) is 11. The van der Waals surface area contributed by atoms with Gasteiger partial charge in [0.15, 0.2) is 6.10 Å². The van der Waals surface area contributed by atoms with Crippen LogP contribution in [0.4, 0.5) is 0 Å². The summed E-state index contributed by atoms with van der Waals surface area (Å²) in [6, 6.07) is 5.96. The highest BCUT2D eigenvalue weighted by molar-refractivity contribution is 5.88. The van der Waals surface area contributed by atoms with Gasteiger partial charge < -0.3 is 49.6 Å². The van der Waals surface area contributed by atoms with Crippen molar-refractivity contribution in [2.24, 2.45) is 11.8 Å². The van der Waals surface area contributed by atoms with Gasteiger partial charge in [-0.05, 0) is 35.8 Å².